The topological polar surface area (TPSA) is 24.5 Å². The lowest BCUT2D eigenvalue weighted by Crippen LogP contribution is -2.43. The molecule has 1 aromatic carbocycles. The van der Waals surface area contributed by atoms with Crippen LogP contribution in [-0.2, 0) is 6.42 Å². The van der Waals surface area contributed by atoms with Crippen molar-refractivity contribution in [2.45, 2.75) is 38.1 Å². The average molecular weight is 260 g/mol. The number of nitrogens with zero attached hydrogens (tertiary/aromatic N) is 1. The van der Waals surface area contributed by atoms with Crippen LogP contribution in [0.2, 0.25) is 0 Å². The molecule has 19 heavy (non-hydrogen) atoms. The first-order valence-corrected chi connectivity index (χ1v) is 7.39. The molecule has 0 radical (unpaired) electrons. The molecule has 2 aliphatic heterocycles. The molecule has 1 aromatic rings. The fourth-order valence-corrected chi connectivity index (χ4v) is 3.19. The third-order valence-corrected chi connectivity index (χ3v) is 4.72. The zero-order valence-electron chi connectivity index (χ0n) is 12.0. The summed E-state index contributed by atoms with van der Waals surface area (Å²) in [6.07, 6.45) is 4.84. The molecule has 0 bridgehead atoms. The summed E-state index contributed by atoms with van der Waals surface area (Å²) in [7, 11) is 2.21. The Hall–Kier alpha value is -1.22. The summed E-state index contributed by atoms with van der Waals surface area (Å²) >= 11 is 0. The number of hydrogen-bond acceptors (Lipinski definition) is 3. The van der Waals surface area contributed by atoms with Gasteiger partial charge in [0.15, 0.2) is 0 Å². The average Bonchev–Trinajstić information content (AvgIpc) is 2.77. The number of likely N-dealkylation sites (N-methyl/N-ethyl adjacent to an activating group) is 1. The fourth-order valence-electron chi connectivity index (χ4n) is 3.19. The zero-order chi connectivity index (χ0) is 13.3. The Morgan fingerprint density at radius 2 is 2.26 bits per heavy atom. The van der Waals surface area contributed by atoms with Crippen LogP contribution >= 0.6 is 0 Å². The van der Waals surface area contributed by atoms with Crippen molar-refractivity contribution in [2.75, 3.05) is 32.1 Å². The third-order valence-electron chi connectivity index (χ3n) is 4.72. The highest BCUT2D eigenvalue weighted by Crippen LogP contribution is 2.33. The highest BCUT2D eigenvalue weighted by molar-refractivity contribution is 5.59. The quantitative estimate of drug-likeness (QED) is 0.904. The van der Waals surface area contributed by atoms with Gasteiger partial charge in [-0.25, -0.2) is 0 Å². The first-order valence-electron chi connectivity index (χ1n) is 7.39. The Morgan fingerprint density at radius 1 is 1.37 bits per heavy atom. The van der Waals surface area contributed by atoms with Crippen molar-refractivity contribution in [3.63, 3.8) is 0 Å². The van der Waals surface area contributed by atoms with Gasteiger partial charge in [0.1, 0.15) is 12.4 Å². The van der Waals surface area contributed by atoms with Crippen LogP contribution in [-0.4, -0.2) is 37.2 Å². The molecule has 0 amide bonds. The molecule has 0 aliphatic carbocycles. The number of likely N-dealkylation sites (tertiary alicyclic amines) is 1. The molecule has 0 aromatic heterocycles. The number of nitrogens with one attached hydrogen (secondary N) is 1. The predicted molar refractivity (Wildman–Crippen MR) is 79.0 cm³/mol. The summed E-state index contributed by atoms with van der Waals surface area (Å²) in [5.41, 5.74) is 2.82. The first-order chi connectivity index (χ1) is 9.19. The largest absolute Gasteiger partial charge is 0.491 e. The number of anilines is 1. The van der Waals surface area contributed by atoms with Gasteiger partial charge >= 0.3 is 0 Å². The molecule has 2 aliphatic rings. The van der Waals surface area contributed by atoms with Crippen molar-refractivity contribution in [3.8, 4) is 5.75 Å². The maximum atomic E-state index is 6.18. The lowest BCUT2D eigenvalue weighted by molar-refractivity contribution is 0.113. The Kier molecular flexibility index (Phi) is 3.40. The number of hydrogen-bond donors (Lipinski definition) is 1. The van der Waals surface area contributed by atoms with E-state index in [0.29, 0.717) is 0 Å². The molecule has 1 atom stereocenters. The van der Waals surface area contributed by atoms with Crippen molar-refractivity contribution in [1.82, 2.24) is 4.90 Å². The molecular weight excluding hydrogens is 236 g/mol. The SMILES string of the molecule is CN1CCCC1(C)COc1cccc2c1CCCN2. The van der Waals surface area contributed by atoms with Gasteiger partial charge in [-0.05, 0) is 58.3 Å². The van der Waals surface area contributed by atoms with Gasteiger partial charge in [-0.1, -0.05) is 6.07 Å². The summed E-state index contributed by atoms with van der Waals surface area (Å²) in [5.74, 6) is 1.08. The maximum Gasteiger partial charge on any atom is 0.124 e. The Bertz CT molecular complexity index is 460. The van der Waals surface area contributed by atoms with E-state index in [4.69, 9.17) is 4.74 Å². The number of benzene rings is 1. The van der Waals surface area contributed by atoms with Gasteiger partial charge in [0, 0.05) is 17.8 Å². The minimum atomic E-state index is 0.199. The van der Waals surface area contributed by atoms with E-state index >= 15 is 0 Å². The van der Waals surface area contributed by atoms with E-state index in [-0.39, 0.29) is 5.54 Å². The van der Waals surface area contributed by atoms with E-state index in [2.05, 4.69) is 42.4 Å². The second-order valence-electron chi connectivity index (χ2n) is 6.12. The van der Waals surface area contributed by atoms with Gasteiger partial charge in [-0.2, -0.15) is 0 Å². The van der Waals surface area contributed by atoms with Gasteiger partial charge in [-0.15, -0.1) is 0 Å². The van der Waals surface area contributed by atoms with Crippen LogP contribution in [0.3, 0.4) is 0 Å². The molecular formula is C16H24N2O. The van der Waals surface area contributed by atoms with Crippen LogP contribution in [0.15, 0.2) is 18.2 Å². The summed E-state index contributed by atoms with van der Waals surface area (Å²) in [6, 6.07) is 6.36. The first kappa shape index (κ1) is 12.8. The molecule has 0 saturated carbocycles. The van der Waals surface area contributed by atoms with Gasteiger partial charge in [0.2, 0.25) is 0 Å². The maximum absolute atomic E-state index is 6.18. The summed E-state index contributed by atoms with van der Waals surface area (Å²) in [4.78, 5) is 2.43. The minimum absolute atomic E-state index is 0.199. The van der Waals surface area contributed by atoms with E-state index in [9.17, 15) is 0 Å². The third kappa shape index (κ3) is 2.44. The van der Waals surface area contributed by atoms with Crippen LogP contribution < -0.4 is 10.1 Å². The number of fused-ring (bicyclic) bond motifs is 1. The van der Waals surface area contributed by atoms with Gasteiger partial charge in [-0.3, -0.25) is 4.90 Å². The summed E-state index contributed by atoms with van der Waals surface area (Å²) in [5, 5.41) is 3.46. The van der Waals surface area contributed by atoms with Crippen molar-refractivity contribution in [3.05, 3.63) is 23.8 Å². The highest BCUT2D eigenvalue weighted by Gasteiger charge is 2.34. The normalized spacial score (nSPS) is 26.8. The predicted octanol–water partition coefficient (Wildman–Crippen LogP) is 2.91. The van der Waals surface area contributed by atoms with Crippen LogP contribution in [0.4, 0.5) is 5.69 Å². The molecule has 1 unspecified atom stereocenters. The minimum Gasteiger partial charge on any atom is -0.491 e. The highest BCUT2D eigenvalue weighted by atomic mass is 16.5. The van der Waals surface area contributed by atoms with Crippen molar-refractivity contribution >= 4 is 5.69 Å². The van der Waals surface area contributed by atoms with Gasteiger partial charge in [0.25, 0.3) is 0 Å². The van der Waals surface area contributed by atoms with Crippen molar-refractivity contribution in [2.24, 2.45) is 0 Å². The molecule has 3 heteroatoms. The summed E-state index contributed by atoms with van der Waals surface area (Å²) < 4.78 is 6.18. The molecule has 2 heterocycles. The smallest absolute Gasteiger partial charge is 0.124 e. The second-order valence-corrected chi connectivity index (χ2v) is 6.12. The van der Waals surface area contributed by atoms with Crippen LogP contribution in [0.1, 0.15) is 31.7 Å². The molecule has 1 N–H and O–H groups in total. The molecule has 3 nitrogen and oxygen atoms in total. The van der Waals surface area contributed by atoms with Crippen molar-refractivity contribution < 1.29 is 4.74 Å². The standard InChI is InChI=1S/C16H24N2O/c1-16(9-5-11-18(16)2)12-19-15-8-3-7-14-13(15)6-4-10-17-14/h3,7-8,17H,4-6,9-12H2,1-2H3. The van der Waals surface area contributed by atoms with Crippen LogP contribution in [0.25, 0.3) is 0 Å². The molecule has 104 valence electrons. The second kappa shape index (κ2) is 5.04. The zero-order valence-corrected chi connectivity index (χ0v) is 12.0. The number of rotatable bonds is 3. The summed E-state index contributed by atoms with van der Waals surface area (Å²) in [6.45, 7) is 5.37. The van der Waals surface area contributed by atoms with E-state index in [1.807, 2.05) is 0 Å². The Morgan fingerprint density at radius 3 is 3.05 bits per heavy atom. The number of ether oxygens (including phenoxy) is 1. The van der Waals surface area contributed by atoms with Crippen LogP contribution in [0, 0.1) is 0 Å². The molecule has 1 fully saturated rings. The molecule has 1 saturated heterocycles. The van der Waals surface area contributed by atoms with Crippen LogP contribution in [0.5, 0.6) is 5.75 Å². The fraction of sp³-hybridized carbons (Fsp3) is 0.625. The molecule has 3 rings (SSSR count). The van der Waals surface area contributed by atoms with Gasteiger partial charge in [0.05, 0.1) is 5.54 Å². The Labute approximate surface area is 115 Å². The Balaban J connectivity index is 1.73. The van der Waals surface area contributed by atoms with E-state index in [1.165, 1.54) is 37.1 Å². The van der Waals surface area contributed by atoms with E-state index < -0.39 is 0 Å². The lowest BCUT2D eigenvalue weighted by atomic mass is 10.00. The monoisotopic (exact) mass is 260 g/mol. The molecule has 0 spiro atoms. The van der Waals surface area contributed by atoms with Gasteiger partial charge < -0.3 is 10.1 Å². The van der Waals surface area contributed by atoms with E-state index in [0.717, 1.165) is 25.3 Å². The van der Waals surface area contributed by atoms with E-state index in [1.54, 1.807) is 0 Å². The lowest BCUT2D eigenvalue weighted by Gasteiger charge is -2.32. The van der Waals surface area contributed by atoms with Crippen molar-refractivity contribution in [1.29, 1.82) is 0 Å².